The first-order chi connectivity index (χ1) is 17.3. The number of aromatic nitrogens is 3. The molecule has 2 N–H and O–H groups in total. The Morgan fingerprint density at radius 3 is 2.51 bits per heavy atom. The predicted molar refractivity (Wildman–Crippen MR) is 144 cm³/mol. The highest BCUT2D eigenvalue weighted by atomic mass is 19.1. The monoisotopic (exact) mass is 510 g/mol. The maximum Gasteiger partial charge on any atom is 0.274 e. The number of fused-ring (bicyclic) bond motifs is 1. The fourth-order valence-electron chi connectivity index (χ4n) is 4.84. The van der Waals surface area contributed by atoms with Crippen molar-refractivity contribution < 1.29 is 19.0 Å². The third-order valence-electron chi connectivity index (χ3n) is 7.10. The third kappa shape index (κ3) is 6.66. The lowest BCUT2D eigenvalue weighted by atomic mass is 9.80. The summed E-state index contributed by atoms with van der Waals surface area (Å²) in [4.78, 5) is 17.3. The molecule has 3 aromatic rings. The Hall–Kier alpha value is -3.00. The number of benzene rings is 1. The van der Waals surface area contributed by atoms with Crippen LogP contribution in [0.4, 0.5) is 10.1 Å². The normalized spacial score (nSPS) is 18.8. The first kappa shape index (κ1) is 27.0. The van der Waals surface area contributed by atoms with Crippen molar-refractivity contribution in [1.82, 2.24) is 14.8 Å². The Morgan fingerprint density at radius 1 is 1.19 bits per heavy atom. The van der Waals surface area contributed by atoms with Crippen LogP contribution in [0.5, 0.6) is 5.75 Å². The fourth-order valence-corrected chi connectivity index (χ4v) is 4.84. The number of alkyl halides is 1. The van der Waals surface area contributed by atoms with Crippen molar-refractivity contribution in [1.29, 1.82) is 0 Å². The molecule has 0 radical (unpaired) electrons. The standard InChI is InChI=1S/C29H39FN4O3/c1-18(2)19-10-12-21(13-11-19)34-16-20-14-24(25(15-23(20)33-34)37-17-28(3,4)36)32-27(35)22-8-7-9-26(31-22)29(5,6)30/h7-9,14-16,18-19,21,36H,10-13,17H2,1-6H3,(H,32,35)/t19-,21-. The van der Waals surface area contributed by atoms with Crippen LogP contribution in [0.1, 0.15) is 89.4 Å². The molecule has 0 bridgehead atoms. The van der Waals surface area contributed by atoms with Gasteiger partial charge in [0.05, 0.1) is 28.5 Å². The van der Waals surface area contributed by atoms with Crippen molar-refractivity contribution in [3.63, 3.8) is 0 Å². The molecule has 0 unspecified atom stereocenters. The van der Waals surface area contributed by atoms with Gasteiger partial charge in [-0.3, -0.25) is 9.48 Å². The third-order valence-corrected chi connectivity index (χ3v) is 7.10. The number of aliphatic hydroxyl groups is 1. The number of nitrogens with zero attached hydrogens (tertiary/aromatic N) is 3. The Bertz CT molecular complexity index is 1250. The van der Waals surface area contributed by atoms with E-state index >= 15 is 0 Å². The molecule has 2 heterocycles. The highest BCUT2D eigenvalue weighted by Crippen LogP contribution is 2.37. The number of ether oxygens (including phenoxy) is 1. The lowest BCUT2D eigenvalue weighted by Crippen LogP contribution is -2.28. The maximum absolute atomic E-state index is 14.4. The van der Waals surface area contributed by atoms with Crippen LogP contribution in [0.15, 0.2) is 36.5 Å². The summed E-state index contributed by atoms with van der Waals surface area (Å²) in [6, 6.07) is 8.69. The Morgan fingerprint density at radius 2 is 1.89 bits per heavy atom. The number of hydrogen-bond donors (Lipinski definition) is 2. The summed E-state index contributed by atoms with van der Waals surface area (Å²) in [5.74, 6) is 1.39. The zero-order chi connectivity index (χ0) is 27.0. The summed E-state index contributed by atoms with van der Waals surface area (Å²) in [7, 11) is 0. The van der Waals surface area contributed by atoms with Gasteiger partial charge in [0.25, 0.3) is 5.91 Å². The molecule has 0 aliphatic heterocycles. The molecular weight excluding hydrogens is 471 g/mol. The van der Waals surface area contributed by atoms with Gasteiger partial charge in [-0.15, -0.1) is 0 Å². The molecule has 7 nitrogen and oxygen atoms in total. The molecule has 0 spiro atoms. The van der Waals surface area contributed by atoms with Crippen LogP contribution in [0.25, 0.3) is 10.9 Å². The molecule has 0 saturated heterocycles. The quantitative estimate of drug-likeness (QED) is 0.365. The molecule has 4 rings (SSSR count). The molecule has 2 aromatic heterocycles. The number of hydrogen-bond acceptors (Lipinski definition) is 5. The molecule has 1 fully saturated rings. The minimum absolute atomic E-state index is 0.0328. The zero-order valence-electron chi connectivity index (χ0n) is 22.7. The van der Waals surface area contributed by atoms with Crippen molar-refractivity contribution in [3.8, 4) is 5.75 Å². The number of nitrogens with one attached hydrogen (secondary N) is 1. The molecule has 1 aliphatic rings. The molecule has 1 aromatic carbocycles. The van der Waals surface area contributed by atoms with E-state index in [2.05, 4.69) is 24.1 Å². The van der Waals surface area contributed by atoms with Gasteiger partial charge in [-0.25, -0.2) is 9.37 Å². The minimum Gasteiger partial charge on any atom is -0.488 e. The van der Waals surface area contributed by atoms with Gasteiger partial charge in [-0.1, -0.05) is 19.9 Å². The molecule has 1 saturated carbocycles. The summed E-state index contributed by atoms with van der Waals surface area (Å²) in [6.45, 7) is 10.7. The lowest BCUT2D eigenvalue weighted by Gasteiger charge is -2.30. The predicted octanol–water partition coefficient (Wildman–Crippen LogP) is 6.43. The number of anilines is 1. The molecule has 200 valence electrons. The van der Waals surface area contributed by atoms with Gasteiger partial charge >= 0.3 is 0 Å². The summed E-state index contributed by atoms with van der Waals surface area (Å²) in [6.07, 6.45) is 6.60. The highest BCUT2D eigenvalue weighted by molar-refractivity contribution is 6.05. The summed E-state index contributed by atoms with van der Waals surface area (Å²) < 4.78 is 22.4. The summed E-state index contributed by atoms with van der Waals surface area (Å²) >= 11 is 0. The van der Waals surface area contributed by atoms with E-state index < -0.39 is 17.2 Å². The van der Waals surface area contributed by atoms with Crippen LogP contribution < -0.4 is 10.1 Å². The van der Waals surface area contributed by atoms with E-state index in [9.17, 15) is 14.3 Å². The van der Waals surface area contributed by atoms with Gasteiger partial charge in [-0.2, -0.15) is 5.10 Å². The molecule has 0 atom stereocenters. The van der Waals surface area contributed by atoms with E-state index in [-0.39, 0.29) is 18.0 Å². The Balaban J connectivity index is 1.62. The fraction of sp³-hybridized carbons (Fsp3) is 0.552. The van der Waals surface area contributed by atoms with Crippen LogP contribution in [0, 0.1) is 11.8 Å². The van der Waals surface area contributed by atoms with Crippen molar-refractivity contribution in [2.24, 2.45) is 11.8 Å². The van der Waals surface area contributed by atoms with Gasteiger partial charge in [0.15, 0.2) is 0 Å². The number of amides is 1. The van der Waals surface area contributed by atoms with Crippen LogP contribution in [0.2, 0.25) is 0 Å². The van der Waals surface area contributed by atoms with Crippen molar-refractivity contribution in [2.45, 2.75) is 84.5 Å². The van der Waals surface area contributed by atoms with Gasteiger partial charge in [0.1, 0.15) is 23.7 Å². The van der Waals surface area contributed by atoms with Crippen molar-refractivity contribution >= 4 is 22.5 Å². The van der Waals surface area contributed by atoms with E-state index in [1.807, 2.05) is 16.9 Å². The summed E-state index contributed by atoms with van der Waals surface area (Å²) in [5, 5.41) is 18.8. The average Bonchev–Trinajstić information content (AvgIpc) is 3.24. The number of rotatable bonds is 8. The number of carbonyl (C=O) groups is 1. The van der Waals surface area contributed by atoms with Gasteiger partial charge in [0.2, 0.25) is 0 Å². The maximum atomic E-state index is 14.4. The second-order valence-corrected chi connectivity index (χ2v) is 11.8. The van der Waals surface area contributed by atoms with Crippen molar-refractivity contribution in [2.75, 3.05) is 11.9 Å². The molecular formula is C29H39FN4O3. The van der Waals surface area contributed by atoms with E-state index in [0.29, 0.717) is 23.4 Å². The smallest absolute Gasteiger partial charge is 0.274 e. The minimum atomic E-state index is -1.67. The zero-order valence-corrected chi connectivity index (χ0v) is 22.7. The van der Waals surface area contributed by atoms with Crippen LogP contribution in [0.3, 0.4) is 0 Å². The number of halogens is 1. The highest BCUT2D eigenvalue weighted by Gasteiger charge is 2.26. The van der Waals surface area contributed by atoms with E-state index in [1.165, 1.54) is 26.7 Å². The number of carbonyl (C=O) groups excluding carboxylic acids is 1. The summed E-state index contributed by atoms with van der Waals surface area (Å²) in [5.41, 5.74) is -1.24. The van der Waals surface area contributed by atoms with Gasteiger partial charge < -0.3 is 15.2 Å². The topological polar surface area (TPSA) is 89.3 Å². The lowest BCUT2D eigenvalue weighted by molar-refractivity contribution is 0.0288. The van der Waals surface area contributed by atoms with Crippen LogP contribution in [-0.4, -0.2) is 38.0 Å². The average molecular weight is 511 g/mol. The van der Waals surface area contributed by atoms with E-state index in [1.54, 1.807) is 38.1 Å². The van der Waals surface area contributed by atoms with Crippen LogP contribution in [-0.2, 0) is 5.67 Å². The SMILES string of the molecule is CC(C)[C@H]1CC[C@H](n2cc3cc(NC(=O)c4cccc(C(C)(C)F)n4)c(OCC(C)(C)O)cc3n2)CC1. The second kappa shape index (κ2) is 10.4. The number of pyridine rings is 1. The van der Waals surface area contributed by atoms with E-state index in [4.69, 9.17) is 9.84 Å². The van der Waals surface area contributed by atoms with E-state index in [0.717, 1.165) is 29.7 Å². The molecule has 1 aliphatic carbocycles. The van der Waals surface area contributed by atoms with Gasteiger partial charge in [0, 0.05) is 17.6 Å². The largest absolute Gasteiger partial charge is 0.488 e. The first-order valence-corrected chi connectivity index (χ1v) is 13.2. The second-order valence-electron chi connectivity index (χ2n) is 11.8. The van der Waals surface area contributed by atoms with Gasteiger partial charge in [-0.05, 0) is 83.4 Å². The van der Waals surface area contributed by atoms with Crippen molar-refractivity contribution in [3.05, 3.63) is 47.9 Å². The Kier molecular flexibility index (Phi) is 7.60. The Labute approximate surface area is 218 Å². The molecule has 1 amide bonds. The first-order valence-electron chi connectivity index (χ1n) is 13.2. The molecule has 8 heteroatoms. The molecule has 37 heavy (non-hydrogen) atoms. The van der Waals surface area contributed by atoms with Crippen LogP contribution >= 0.6 is 0 Å².